The van der Waals surface area contributed by atoms with Crippen molar-refractivity contribution in [2.24, 2.45) is 0 Å². The van der Waals surface area contributed by atoms with Gasteiger partial charge in [0.1, 0.15) is 6.10 Å². The number of allylic oxidation sites excluding steroid dienone is 4. The summed E-state index contributed by atoms with van der Waals surface area (Å²) in [5, 5.41) is 5.73. The lowest BCUT2D eigenvalue weighted by molar-refractivity contribution is -0.284. The minimum atomic E-state index is -0.712. The highest BCUT2D eigenvalue weighted by molar-refractivity contribution is 9.11. The zero-order valence-corrected chi connectivity index (χ0v) is 16.9. The molecule has 0 aromatic heterocycles. The van der Waals surface area contributed by atoms with Crippen LogP contribution in [0.2, 0.25) is 0 Å². The molecule has 1 aliphatic rings. The molecule has 26 heavy (non-hydrogen) atoms. The number of rotatable bonds is 5. The maximum Gasteiger partial charge on any atom is 0.319 e. The van der Waals surface area contributed by atoms with Crippen LogP contribution in [0.4, 0.5) is 4.79 Å². The summed E-state index contributed by atoms with van der Waals surface area (Å²) in [7, 11) is 0. The van der Waals surface area contributed by atoms with Gasteiger partial charge in [-0.3, -0.25) is 0 Å². The summed E-state index contributed by atoms with van der Waals surface area (Å²) in [5.41, 5.74) is 1.57. The van der Waals surface area contributed by atoms with Gasteiger partial charge >= 0.3 is 6.03 Å². The van der Waals surface area contributed by atoms with Crippen molar-refractivity contribution >= 4 is 22.0 Å². The second-order valence-corrected chi connectivity index (χ2v) is 7.18. The zero-order valence-electron chi connectivity index (χ0n) is 15.3. The summed E-state index contributed by atoms with van der Waals surface area (Å²) < 4.78 is 12.5. The maximum atomic E-state index is 12.5. The van der Waals surface area contributed by atoms with Crippen LogP contribution < -0.4 is 10.6 Å². The molecule has 140 valence electrons. The van der Waals surface area contributed by atoms with E-state index in [1.165, 1.54) is 0 Å². The van der Waals surface area contributed by atoms with Crippen LogP contribution in [0, 0.1) is 0 Å². The predicted octanol–water partition coefficient (Wildman–Crippen LogP) is 4.55. The number of hydrogen-bond donors (Lipinski definition) is 2. The number of hydrogen-bond acceptors (Lipinski definition) is 3. The summed E-state index contributed by atoms with van der Waals surface area (Å²) in [4.78, 5) is 12.5. The number of benzene rings is 1. The van der Waals surface area contributed by atoms with Crippen molar-refractivity contribution in [1.82, 2.24) is 10.6 Å². The van der Waals surface area contributed by atoms with Gasteiger partial charge in [-0.05, 0) is 48.3 Å². The van der Waals surface area contributed by atoms with Crippen molar-refractivity contribution in [3.05, 3.63) is 70.9 Å². The fraction of sp³-hybridized carbons (Fsp3) is 0.350. The van der Waals surface area contributed by atoms with E-state index in [-0.39, 0.29) is 18.2 Å². The molecule has 1 aromatic carbocycles. The molecule has 0 spiro atoms. The van der Waals surface area contributed by atoms with Gasteiger partial charge in [0.2, 0.25) is 0 Å². The predicted molar refractivity (Wildman–Crippen MR) is 107 cm³/mol. The van der Waals surface area contributed by atoms with E-state index >= 15 is 0 Å². The highest BCUT2D eigenvalue weighted by Gasteiger charge is 2.38. The molecule has 1 saturated heterocycles. The van der Waals surface area contributed by atoms with E-state index in [0.29, 0.717) is 12.3 Å². The fourth-order valence-corrected chi connectivity index (χ4v) is 3.16. The molecule has 0 aliphatic carbocycles. The first-order chi connectivity index (χ1) is 12.4. The maximum absolute atomic E-state index is 12.5. The molecule has 2 atom stereocenters. The SMILES string of the molecule is C=C/C(NC(=O)NC1COC(C)(C)O[C@H]1c1ccccc1)=C(Br)\C=C/C. The van der Waals surface area contributed by atoms with E-state index in [0.717, 1.165) is 10.0 Å². The lowest BCUT2D eigenvalue weighted by Crippen LogP contribution is -2.53. The third kappa shape index (κ3) is 5.56. The number of carbonyl (C=O) groups is 1. The van der Waals surface area contributed by atoms with E-state index in [1.54, 1.807) is 6.08 Å². The Balaban J connectivity index is 2.14. The average Bonchev–Trinajstić information content (AvgIpc) is 2.62. The number of urea groups is 1. The van der Waals surface area contributed by atoms with Crippen LogP contribution in [0.15, 0.2) is 65.3 Å². The number of amides is 2. The quantitative estimate of drug-likeness (QED) is 0.686. The molecule has 2 N–H and O–H groups in total. The van der Waals surface area contributed by atoms with Crippen molar-refractivity contribution in [3.63, 3.8) is 0 Å². The van der Waals surface area contributed by atoms with Crippen molar-refractivity contribution in [3.8, 4) is 0 Å². The molecule has 6 heteroatoms. The molecular weight excluding hydrogens is 396 g/mol. The lowest BCUT2D eigenvalue weighted by Gasteiger charge is -2.41. The minimum absolute atomic E-state index is 0.305. The molecule has 0 radical (unpaired) electrons. The van der Waals surface area contributed by atoms with Gasteiger partial charge in [-0.1, -0.05) is 49.1 Å². The Morgan fingerprint density at radius 1 is 1.35 bits per heavy atom. The molecule has 2 rings (SSSR count). The largest absolute Gasteiger partial charge is 0.348 e. The summed E-state index contributed by atoms with van der Waals surface area (Å²) in [5.74, 6) is -0.712. The van der Waals surface area contributed by atoms with Crippen LogP contribution >= 0.6 is 15.9 Å². The number of nitrogens with one attached hydrogen (secondary N) is 2. The molecule has 1 aliphatic heterocycles. The van der Waals surface area contributed by atoms with Gasteiger partial charge in [-0.2, -0.15) is 0 Å². The molecule has 5 nitrogen and oxygen atoms in total. The first kappa shape index (κ1) is 20.4. The minimum Gasteiger partial charge on any atom is -0.348 e. The normalized spacial score (nSPS) is 23.2. The average molecular weight is 421 g/mol. The van der Waals surface area contributed by atoms with Crippen LogP contribution in [0.25, 0.3) is 0 Å². The van der Waals surface area contributed by atoms with Gasteiger partial charge in [0.25, 0.3) is 0 Å². The fourth-order valence-electron chi connectivity index (χ4n) is 2.63. The van der Waals surface area contributed by atoms with Gasteiger partial charge in [0.05, 0.1) is 18.3 Å². The molecule has 0 bridgehead atoms. The van der Waals surface area contributed by atoms with Crippen molar-refractivity contribution in [1.29, 1.82) is 0 Å². The smallest absolute Gasteiger partial charge is 0.319 e. The first-order valence-corrected chi connectivity index (χ1v) is 9.24. The Hall–Kier alpha value is -1.89. The lowest BCUT2D eigenvalue weighted by atomic mass is 10.0. The van der Waals surface area contributed by atoms with Crippen molar-refractivity contribution < 1.29 is 14.3 Å². The van der Waals surface area contributed by atoms with Gasteiger partial charge in [0.15, 0.2) is 5.79 Å². The summed E-state index contributed by atoms with van der Waals surface area (Å²) in [6.45, 7) is 9.71. The van der Waals surface area contributed by atoms with Crippen LogP contribution in [0.1, 0.15) is 32.4 Å². The highest BCUT2D eigenvalue weighted by atomic mass is 79.9. The van der Waals surface area contributed by atoms with Gasteiger partial charge in [0, 0.05) is 4.48 Å². The van der Waals surface area contributed by atoms with Crippen LogP contribution in [-0.2, 0) is 9.47 Å². The monoisotopic (exact) mass is 420 g/mol. The summed E-state index contributed by atoms with van der Waals surface area (Å²) in [6, 6.07) is 9.14. The third-order valence-electron chi connectivity index (χ3n) is 3.85. The van der Waals surface area contributed by atoms with Gasteiger partial charge in [-0.25, -0.2) is 4.79 Å². The Morgan fingerprint density at radius 2 is 2.04 bits per heavy atom. The molecule has 0 saturated carbocycles. The summed E-state index contributed by atoms with van der Waals surface area (Å²) >= 11 is 3.41. The second-order valence-electron chi connectivity index (χ2n) is 6.33. The van der Waals surface area contributed by atoms with E-state index in [2.05, 4.69) is 33.1 Å². The Labute approximate surface area is 163 Å². The van der Waals surface area contributed by atoms with Gasteiger partial charge in [-0.15, -0.1) is 0 Å². The van der Waals surface area contributed by atoms with Crippen LogP contribution in [0.5, 0.6) is 0 Å². The Kier molecular flexibility index (Phi) is 7.20. The van der Waals surface area contributed by atoms with E-state index in [4.69, 9.17) is 9.47 Å². The number of halogens is 1. The number of ether oxygens (including phenoxy) is 2. The second kappa shape index (κ2) is 9.16. The van der Waals surface area contributed by atoms with Gasteiger partial charge < -0.3 is 20.1 Å². The molecule has 1 unspecified atom stereocenters. The Bertz CT molecular complexity index is 698. The molecule has 1 aromatic rings. The van der Waals surface area contributed by atoms with Crippen LogP contribution in [0.3, 0.4) is 0 Å². The molecule has 1 heterocycles. The highest BCUT2D eigenvalue weighted by Crippen LogP contribution is 2.32. The third-order valence-corrected chi connectivity index (χ3v) is 4.55. The van der Waals surface area contributed by atoms with E-state index < -0.39 is 5.79 Å². The van der Waals surface area contributed by atoms with Crippen molar-refractivity contribution in [2.75, 3.05) is 6.61 Å². The topological polar surface area (TPSA) is 59.6 Å². The Morgan fingerprint density at radius 3 is 2.65 bits per heavy atom. The van der Waals surface area contributed by atoms with E-state index in [9.17, 15) is 4.79 Å². The molecule has 2 amide bonds. The zero-order chi connectivity index (χ0) is 19.2. The van der Waals surface area contributed by atoms with Crippen molar-refractivity contribution in [2.45, 2.75) is 38.7 Å². The van der Waals surface area contributed by atoms with Crippen LogP contribution in [-0.4, -0.2) is 24.5 Å². The molecular formula is C20H25BrN2O3. The van der Waals surface area contributed by atoms with E-state index in [1.807, 2.05) is 63.3 Å². The summed E-state index contributed by atoms with van der Waals surface area (Å²) in [6.07, 6.45) is 4.97. The standard InChI is InChI=1S/C20H25BrN2O3/c1-5-10-15(21)16(6-2)22-19(24)23-17-13-25-20(3,4)26-18(17)14-11-8-7-9-12-14/h5-12,17-18H,2,13H2,1,3-4H3,(H2,22,23,24)/b10-5-,16-15-/t17?,18-/m0/s1. The number of carbonyl (C=O) groups excluding carboxylic acids is 1. The molecule has 1 fully saturated rings. The first-order valence-electron chi connectivity index (χ1n) is 8.45.